The summed E-state index contributed by atoms with van der Waals surface area (Å²) in [5.74, 6) is 5.72. The van der Waals surface area contributed by atoms with Crippen LogP contribution in [-0.4, -0.2) is 9.78 Å². The van der Waals surface area contributed by atoms with Crippen LogP contribution in [0.1, 0.15) is 34.8 Å². The van der Waals surface area contributed by atoms with Crippen molar-refractivity contribution >= 4 is 27.3 Å². The highest BCUT2D eigenvalue weighted by Gasteiger charge is 2.17. The van der Waals surface area contributed by atoms with Crippen molar-refractivity contribution < 1.29 is 0 Å². The molecule has 104 valence electrons. The molecular weight excluding hydrogens is 324 g/mol. The average molecular weight is 343 g/mol. The Morgan fingerprint density at radius 2 is 2.21 bits per heavy atom. The molecule has 0 fully saturated rings. The molecule has 0 aliphatic heterocycles. The first-order valence-electron chi connectivity index (χ1n) is 6.30. The van der Waals surface area contributed by atoms with Crippen molar-refractivity contribution in [3.8, 4) is 0 Å². The second-order valence-electron chi connectivity index (χ2n) is 4.62. The molecule has 0 aliphatic carbocycles. The number of aryl methyl sites for hydroxylation is 3. The molecule has 4 nitrogen and oxygen atoms in total. The maximum atomic E-state index is 5.72. The van der Waals surface area contributed by atoms with Gasteiger partial charge in [0.15, 0.2) is 0 Å². The van der Waals surface area contributed by atoms with E-state index in [0.29, 0.717) is 0 Å². The quantitative estimate of drug-likeness (QED) is 0.648. The summed E-state index contributed by atoms with van der Waals surface area (Å²) in [5.41, 5.74) is 6.43. The largest absolute Gasteiger partial charge is 0.271 e. The number of nitrogens with one attached hydrogen (secondary N) is 1. The fraction of sp³-hybridized carbons (Fsp3) is 0.462. The van der Waals surface area contributed by atoms with Gasteiger partial charge in [0.2, 0.25) is 0 Å². The van der Waals surface area contributed by atoms with Crippen LogP contribution in [0.25, 0.3) is 0 Å². The van der Waals surface area contributed by atoms with E-state index in [-0.39, 0.29) is 6.04 Å². The van der Waals surface area contributed by atoms with Crippen LogP contribution >= 0.6 is 27.3 Å². The molecule has 2 rings (SSSR count). The molecule has 0 radical (unpaired) electrons. The number of hydrogen-bond acceptors (Lipinski definition) is 4. The maximum Gasteiger partial charge on any atom is 0.0731 e. The lowest BCUT2D eigenvalue weighted by Gasteiger charge is -2.14. The molecule has 19 heavy (non-hydrogen) atoms. The monoisotopic (exact) mass is 342 g/mol. The Kier molecular flexibility index (Phi) is 4.78. The van der Waals surface area contributed by atoms with E-state index < -0.39 is 0 Å². The van der Waals surface area contributed by atoms with Gasteiger partial charge in [-0.2, -0.15) is 5.10 Å². The van der Waals surface area contributed by atoms with Crippen molar-refractivity contribution in [2.24, 2.45) is 5.84 Å². The molecule has 0 spiro atoms. The second kappa shape index (κ2) is 6.17. The van der Waals surface area contributed by atoms with Gasteiger partial charge in [-0.1, -0.05) is 0 Å². The molecule has 1 unspecified atom stereocenters. The number of halogens is 1. The van der Waals surface area contributed by atoms with Crippen LogP contribution in [0.15, 0.2) is 15.9 Å². The summed E-state index contributed by atoms with van der Waals surface area (Å²) >= 11 is 5.29. The number of thiophene rings is 1. The number of rotatable bonds is 5. The Morgan fingerprint density at radius 1 is 1.47 bits per heavy atom. The highest BCUT2D eigenvalue weighted by Crippen LogP contribution is 2.32. The van der Waals surface area contributed by atoms with Gasteiger partial charge in [0.1, 0.15) is 0 Å². The summed E-state index contributed by atoms with van der Waals surface area (Å²) in [5, 5.41) is 4.48. The van der Waals surface area contributed by atoms with E-state index in [2.05, 4.69) is 52.4 Å². The van der Waals surface area contributed by atoms with Crippen molar-refractivity contribution in [3.05, 3.63) is 37.7 Å². The summed E-state index contributed by atoms with van der Waals surface area (Å²) in [6.45, 7) is 7.10. The minimum Gasteiger partial charge on any atom is -0.271 e. The van der Waals surface area contributed by atoms with Crippen LogP contribution in [0.3, 0.4) is 0 Å². The third-order valence-electron chi connectivity index (χ3n) is 3.12. The van der Waals surface area contributed by atoms with E-state index in [1.807, 2.05) is 11.6 Å². The third-order valence-corrected chi connectivity index (χ3v) is 5.37. The molecule has 1 atom stereocenters. The molecule has 2 aromatic heterocycles. The number of nitrogens with zero attached hydrogens (tertiary/aromatic N) is 2. The van der Waals surface area contributed by atoms with Crippen molar-refractivity contribution in [1.29, 1.82) is 0 Å². The molecule has 0 saturated carbocycles. The van der Waals surface area contributed by atoms with Crippen molar-refractivity contribution in [2.75, 3.05) is 0 Å². The topological polar surface area (TPSA) is 55.9 Å². The van der Waals surface area contributed by atoms with Crippen molar-refractivity contribution in [1.82, 2.24) is 15.2 Å². The zero-order valence-corrected chi connectivity index (χ0v) is 13.8. The second-order valence-corrected chi connectivity index (χ2v) is 7.02. The fourth-order valence-corrected chi connectivity index (χ4v) is 3.77. The Bertz CT molecular complexity index is 541. The van der Waals surface area contributed by atoms with Crippen LogP contribution in [0, 0.1) is 13.8 Å². The smallest absolute Gasteiger partial charge is 0.0731 e. The molecule has 0 bridgehead atoms. The van der Waals surface area contributed by atoms with Gasteiger partial charge in [-0.3, -0.25) is 16.0 Å². The molecule has 2 aromatic rings. The number of hydrogen-bond donors (Lipinski definition) is 2. The minimum atomic E-state index is 0.122. The lowest BCUT2D eigenvalue weighted by Crippen LogP contribution is -2.29. The van der Waals surface area contributed by atoms with E-state index in [9.17, 15) is 0 Å². The number of aromatic nitrogens is 2. The Labute approximate surface area is 126 Å². The van der Waals surface area contributed by atoms with Gasteiger partial charge in [-0.25, -0.2) is 0 Å². The Balaban J connectivity index is 2.23. The zero-order chi connectivity index (χ0) is 14.0. The normalized spacial score (nSPS) is 12.9. The summed E-state index contributed by atoms with van der Waals surface area (Å²) in [6.07, 6.45) is 0.845. The van der Waals surface area contributed by atoms with Crippen LogP contribution in [-0.2, 0) is 13.0 Å². The summed E-state index contributed by atoms with van der Waals surface area (Å²) < 4.78 is 3.21. The standard InChI is InChI=1S/C13H19BrN4S/c1-4-18-10(6-9(3)17-18)7-11(16-15)12-5-8(2)13(14)19-12/h5-6,11,16H,4,7,15H2,1-3H3. The van der Waals surface area contributed by atoms with Gasteiger partial charge in [0, 0.05) is 23.5 Å². The van der Waals surface area contributed by atoms with Crippen LogP contribution in [0.5, 0.6) is 0 Å². The molecule has 0 aliphatic rings. The summed E-state index contributed by atoms with van der Waals surface area (Å²) in [6, 6.07) is 4.43. The zero-order valence-electron chi connectivity index (χ0n) is 11.4. The van der Waals surface area contributed by atoms with Gasteiger partial charge in [0.05, 0.1) is 15.5 Å². The molecule has 0 amide bonds. The SMILES string of the molecule is CCn1nc(C)cc1CC(NN)c1cc(C)c(Br)s1. The Hall–Kier alpha value is -0.690. The van der Waals surface area contributed by atoms with Crippen molar-refractivity contribution in [2.45, 2.75) is 39.8 Å². The molecule has 3 N–H and O–H groups in total. The maximum absolute atomic E-state index is 5.72. The van der Waals surface area contributed by atoms with E-state index >= 15 is 0 Å². The predicted molar refractivity (Wildman–Crippen MR) is 83.2 cm³/mol. The molecular formula is C13H19BrN4S. The van der Waals surface area contributed by atoms with Crippen LogP contribution in [0.2, 0.25) is 0 Å². The van der Waals surface area contributed by atoms with Crippen molar-refractivity contribution in [3.63, 3.8) is 0 Å². The van der Waals surface area contributed by atoms with Crippen LogP contribution < -0.4 is 11.3 Å². The van der Waals surface area contributed by atoms with Gasteiger partial charge in [0.25, 0.3) is 0 Å². The molecule has 0 aromatic carbocycles. The predicted octanol–water partition coefficient (Wildman–Crippen LogP) is 3.09. The summed E-state index contributed by atoms with van der Waals surface area (Å²) in [7, 11) is 0. The van der Waals surface area contributed by atoms with E-state index in [1.165, 1.54) is 19.9 Å². The average Bonchev–Trinajstić information content (AvgIpc) is 2.90. The van der Waals surface area contributed by atoms with E-state index in [1.54, 1.807) is 11.3 Å². The highest BCUT2D eigenvalue weighted by atomic mass is 79.9. The van der Waals surface area contributed by atoms with Gasteiger partial charge in [-0.15, -0.1) is 11.3 Å². The number of hydrazine groups is 1. The Morgan fingerprint density at radius 3 is 2.74 bits per heavy atom. The lowest BCUT2D eigenvalue weighted by atomic mass is 10.1. The summed E-state index contributed by atoms with van der Waals surface area (Å²) in [4.78, 5) is 1.24. The van der Waals surface area contributed by atoms with E-state index in [4.69, 9.17) is 5.84 Å². The molecule has 6 heteroatoms. The minimum absolute atomic E-state index is 0.122. The lowest BCUT2D eigenvalue weighted by molar-refractivity contribution is 0.523. The first kappa shape index (κ1) is 14.7. The van der Waals surface area contributed by atoms with Gasteiger partial charge >= 0.3 is 0 Å². The van der Waals surface area contributed by atoms with Gasteiger partial charge in [-0.05, 0) is 54.4 Å². The van der Waals surface area contributed by atoms with Gasteiger partial charge < -0.3 is 0 Å². The number of nitrogens with two attached hydrogens (primary N) is 1. The van der Waals surface area contributed by atoms with E-state index in [0.717, 1.165) is 18.7 Å². The molecule has 2 heterocycles. The highest BCUT2D eigenvalue weighted by molar-refractivity contribution is 9.11. The first-order valence-corrected chi connectivity index (χ1v) is 7.91. The third kappa shape index (κ3) is 3.25. The van der Waals surface area contributed by atoms with Crippen LogP contribution in [0.4, 0.5) is 0 Å². The first-order chi connectivity index (χ1) is 9.05. The fourth-order valence-electron chi connectivity index (χ4n) is 2.14. The molecule has 0 saturated heterocycles.